The lowest BCUT2D eigenvalue weighted by molar-refractivity contribution is 0.0161. The summed E-state index contributed by atoms with van der Waals surface area (Å²) in [7, 11) is 0. The number of rotatable bonds is 10. The molecule has 1 aromatic heterocycles. The number of unbranched alkanes of at least 4 members (excludes halogenated alkanes) is 3. The van der Waals surface area contributed by atoms with Gasteiger partial charge in [-0.25, -0.2) is 14.8 Å². The number of nitrogens with zero attached hydrogens (tertiary/aromatic N) is 2. The zero-order valence-corrected chi connectivity index (χ0v) is 18.6. The fourth-order valence-corrected chi connectivity index (χ4v) is 4.21. The highest BCUT2D eigenvalue weighted by Gasteiger charge is 2.24. The van der Waals surface area contributed by atoms with E-state index in [1.54, 1.807) is 0 Å². The molecule has 1 aromatic carbocycles. The molecule has 0 bridgehead atoms. The first-order chi connectivity index (χ1) is 14.7. The maximum absolute atomic E-state index is 12.5. The van der Waals surface area contributed by atoms with Gasteiger partial charge < -0.3 is 4.74 Å². The predicted octanol–water partition coefficient (Wildman–Crippen LogP) is 6.78. The molecule has 0 atom stereocenters. The number of hydrogen-bond acceptors (Lipinski definition) is 4. The van der Waals surface area contributed by atoms with Crippen molar-refractivity contribution in [1.82, 2.24) is 9.97 Å². The smallest absolute Gasteiger partial charge is 0.338 e. The van der Waals surface area contributed by atoms with Crippen molar-refractivity contribution in [3.05, 3.63) is 47.8 Å². The molecule has 0 aliphatic heterocycles. The predicted molar refractivity (Wildman–Crippen MR) is 121 cm³/mol. The molecule has 3 rings (SSSR count). The van der Waals surface area contributed by atoms with Crippen molar-refractivity contribution in [2.75, 3.05) is 0 Å². The molecule has 0 N–H and O–H groups in total. The van der Waals surface area contributed by atoms with E-state index < -0.39 is 0 Å². The first-order valence-corrected chi connectivity index (χ1v) is 11.8. The molecule has 4 nitrogen and oxygen atoms in total. The SMILES string of the molecule is CCCCC[C@H]1CC[C@H](OC(=O)c2ccc(-c3ncc(CCCC)cn3)cc2)CC1. The van der Waals surface area contributed by atoms with E-state index in [1.165, 1.54) is 50.5 Å². The molecule has 1 saturated carbocycles. The second-order valence-electron chi connectivity index (χ2n) is 8.64. The molecular formula is C26H36N2O2. The van der Waals surface area contributed by atoms with Crippen LogP contribution in [0.5, 0.6) is 0 Å². The maximum Gasteiger partial charge on any atom is 0.338 e. The van der Waals surface area contributed by atoms with Crippen LogP contribution in [0.1, 0.15) is 94.0 Å². The molecule has 1 fully saturated rings. The average Bonchev–Trinajstić information content (AvgIpc) is 2.79. The number of esters is 1. The van der Waals surface area contributed by atoms with Crippen LogP contribution in [-0.2, 0) is 11.2 Å². The summed E-state index contributed by atoms with van der Waals surface area (Å²) in [6.07, 6.45) is 16.9. The van der Waals surface area contributed by atoms with Crippen molar-refractivity contribution in [1.29, 1.82) is 0 Å². The molecule has 1 aliphatic carbocycles. The van der Waals surface area contributed by atoms with E-state index in [0.717, 1.165) is 37.2 Å². The molecule has 0 radical (unpaired) electrons. The lowest BCUT2D eigenvalue weighted by Crippen LogP contribution is -2.24. The Kier molecular flexibility index (Phi) is 8.85. The number of benzene rings is 1. The van der Waals surface area contributed by atoms with Crippen molar-refractivity contribution in [2.45, 2.75) is 90.6 Å². The standard InChI is InChI=1S/C26H36N2O2/c1-3-5-7-9-20-10-16-24(17-11-20)30-26(29)23-14-12-22(13-15-23)25-27-18-21(19-28-25)8-6-4-2/h12-15,18-20,24H,3-11,16-17H2,1-2H3/t20-,24-. The fraction of sp³-hybridized carbons (Fsp3) is 0.577. The first kappa shape index (κ1) is 22.5. The van der Waals surface area contributed by atoms with Crippen LogP contribution in [0.2, 0.25) is 0 Å². The van der Waals surface area contributed by atoms with Gasteiger partial charge in [0.25, 0.3) is 0 Å². The minimum atomic E-state index is -0.216. The van der Waals surface area contributed by atoms with Crippen LogP contribution in [0.4, 0.5) is 0 Å². The van der Waals surface area contributed by atoms with Crippen molar-refractivity contribution in [3.8, 4) is 11.4 Å². The lowest BCUT2D eigenvalue weighted by atomic mass is 9.84. The monoisotopic (exact) mass is 408 g/mol. The van der Waals surface area contributed by atoms with E-state index in [-0.39, 0.29) is 12.1 Å². The van der Waals surface area contributed by atoms with Crippen LogP contribution in [-0.4, -0.2) is 22.0 Å². The van der Waals surface area contributed by atoms with Crippen molar-refractivity contribution in [2.24, 2.45) is 5.92 Å². The third-order valence-electron chi connectivity index (χ3n) is 6.19. The maximum atomic E-state index is 12.5. The van der Waals surface area contributed by atoms with E-state index in [2.05, 4.69) is 23.8 Å². The third-order valence-corrected chi connectivity index (χ3v) is 6.19. The molecular weight excluding hydrogens is 372 g/mol. The van der Waals surface area contributed by atoms with E-state index in [0.29, 0.717) is 11.4 Å². The van der Waals surface area contributed by atoms with Crippen LogP contribution in [0.25, 0.3) is 11.4 Å². The summed E-state index contributed by atoms with van der Waals surface area (Å²) < 4.78 is 5.78. The number of carbonyl (C=O) groups excluding carboxylic acids is 1. The largest absolute Gasteiger partial charge is 0.459 e. The van der Waals surface area contributed by atoms with Gasteiger partial charge in [0.15, 0.2) is 5.82 Å². The van der Waals surface area contributed by atoms with E-state index in [9.17, 15) is 4.79 Å². The zero-order chi connectivity index (χ0) is 21.2. The van der Waals surface area contributed by atoms with Gasteiger partial charge in [-0.3, -0.25) is 0 Å². The molecule has 1 heterocycles. The Balaban J connectivity index is 1.48. The van der Waals surface area contributed by atoms with E-state index >= 15 is 0 Å². The Labute approximate surface area is 181 Å². The molecule has 162 valence electrons. The average molecular weight is 409 g/mol. The number of hydrogen-bond donors (Lipinski definition) is 0. The Morgan fingerprint density at radius 3 is 2.23 bits per heavy atom. The van der Waals surface area contributed by atoms with Crippen LogP contribution in [0, 0.1) is 5.92 Å². The zero-order valence-electron chi connectivity index (χ0n) is 18.6. The van der Waals surface area contributed by atoms with E-state index in [4.69, 9.17) is 4.74 Å². The molecule has 0 saturated heterocycles. The van der Waals surface area contributed by atoms with Gasteiger partial charge in [-0.1, -0.05) is 58.1 Å². The summed E-state index contributed by atoms with van der Waals surface area (Å²) in [5.74, 6) is 1.29. The van der Waals surface area contributed by atoms with Crippen molar-refractivity contribution < 1.29 is 9.53 Å². The molecule has 0 unspecified atom stereocenters. The number of aryl methyl sites for hydroxylation is 1. The van der Waals surface area contributed by atoms with Gasteiger partial charge in [-0.15, -0.1) is 0 Å². The summed E-state index contributed by atoms with van der Waals surface area (Å²) in [6, 6.07) is 7.45. The minimum Gasteiger partial charge on any atom is -0.459 e. The minimum absolute atomic E-state index is 0.0681. The summed E-state index contributed by atoms with van der Waals surface area (Å²) in [5.41, 5.74) is 2.69. The van der Waals surface area contributed by atoms with Crippen LogP contribution in [0.3, 0.4) is 0 Å². The normalized spacial score (nSPS) is 18.9. The summed E-state index contributed by atoms with van der Waals surface area (Å²) >= 11 is 0. The van der Waals surface area contributed by atoms with Gasteiger partial charge in [0.1, 0.15) is 6.10 Å². The molecule has 2 aromatic rings. The fourth-order valence-electron chi connectivity index (χ4n) is 4.21. The van der Waals surface area contributed by atoms with Crippen LogP contribution >= 0.6 is 0 Å². The Hall–Kier alpha value is -2.23. The quantitative estimate of drug-likeness (QED) is 0.321. The Bertz CT molecular complexity index is 763. The van der Waals surface area contributed by atoms with Gasteiger partial charge in [-0.2, -0.15) is 0 Å². The summed E-state index contributed by atoms with van der Waals surface area (Å²) in [5, 5.41) is 0. The second kappa shape index (κ2) is 11.8. The van der Waals surface area contributed by atoms with Crippen molar-refractivity contribution >= 4 is 5.97 Å². The highest BCUT2D eigenvalue weighted by molar-refractivity contribution is 5.90. The highest BCUT2D eigenvalue weighted by Crippen LogP contribution is 2.30. The van der Waals surface area contributed by atoms with Gasteiger partial charge in [0.2, 0.25) is 0 Å². The molecule has 1 aliphatic rings. The number of carbonyl (C=O) groups is 1. The van der Waals surface area contributed by atoms with E-state index in [1.807, 2.05) is 36.7 Å². The summed E-state index contributed by atoms with van der Waals surface area (Å²) in [6.45, 7) is 4.43. The number of ether oxygens (including phenoxy) is 1. The van der Waals surface area contributed by atoms with Gasteiger partial charge >= 0.3 is 5.97 Å². The highest BCUT2D eigenvalue weighted by atomic mass is 16.5. The second-order valence-corrected chi connectivity index (χ2v) is 8.64. The molecule has 4 heteroatoms. The third kappa shape index (κ3) is 6.65. The van der Waals surface area contributed by atoms with Gasteiger partial charge in [0, 0.05) is 18.0 Å². The van der Waals surface area contributed by atoms with Gasteiger partial charge in [0.05, 0.1) is 5.56 Å². The topological polar surface area (TPSA) is 52.1 Å². The Morgan fingerprint density at radius 2 is 1.60 bits per heavy atom. The molecule has 0 amide bonds. The van der Waals surface area contributed by atoms with Crippen LogP contribution < -0.4 is 0 Å². The number of aromatic nitrogens is 2. The summed E-state index contributed by atoms with van der Waals surface area (Å²) in [4.78, 5) is 21.5. The first-order valence-electron chi connectivity index (χ1n) is 11.8. The van der Waals surface area contributed by atoms with Crippen LogP contribution in [0.15, 0.2) is 36.7 Å². The lowest BCUT2D eigenvalue weighted by Gasteiger charge is -2.28. The molecule has 0 spiro atoms. The van der Waals surface area contributed by atoms with Crippen molar-refractivity contribution in [3.63, 3.8) is 0 Å². The molecule has 30 heavy (non-hydrogen) atoms. The Morgan fingerprint density at radius 1 is 0.933 bits per heavy atom. The van der Waals surface area contributed by atoms with Gasteiger partial charge in [-0.05, 0) is 62.1 Å².